The van der Waals surface area contributed by atoms with Crippen molar-refractivity contribution in [3.8, 4) is 16.6 Å². The average Bonchev–Trinajstić information content (AvgIpc) is 3.47. The molecule has 4 rings (SSSR count). The summed E-state index contributed by atoms with van der Waals surface area (Å²) >= 11 is 1.24. The van der Waals surface area contributed by atoms with Crippen LogP contribution in [0.4, 0.5) is 0 Å². The molecule has 0 aliphatic carbocycles. The standard InChI is InChI=1S/C25H24N4O4S/c1-16-13-20(17(2)29(16)12-9-18-5-7-19(32-3)8-6-18)22(30)14-33-25(31)21-15-34-24(28-21)23-26-10-4-11-27-23/h4-8,10-11,13,15H,9,12,14H2,1-3H3. The van der Waals surface area contributed by atoms with E-state index in [0.717, 1.165) is 30.1 Å². The van der Waals surface area contributed by atoms with Gasteiger partial charge in [-0.2, -0.15) is 0 Å². The number of carbonyl (C=O) groups is 2. The fraction of sp³-hybridized carbons (Fsp3) is 0.240. The molecular formula is C25H24N4O4S. The van der Waals surface area contributed by atoms with Crippen LogP contribution >= 0.6 is 11.3 Å². The SMILES string of the molecule is COc1ccc(CCn2c(C)cc(C(=O)COC(=O)c3csc(-c4ncccn4)n3)c2C)cc1. The zero-order chi connectivity index (χ0) is 24.1. The molecule has 0 saturated heterocycles. The Kier molecular flexibility index (Phi) is 7.12. The number of ether oxygens (including phenoxy) is 2. The number of thiazole rings is 1. The predicted molar refractivity (Wildman–Crippen MR) is 128 cm³/mol. The Morgan fingerprint density at radius 3 is 2.53 bits per heavy atom. The number of methoxy groups -OCH3 is 1. The molecule has 9 heteroatoms. The van der Waals surface area contributed by atoms with Crippen LogP contribution in [0.5, 0.6) is 5.75 Å². The molecule has 0 atom stereocenters. The predicted octanol–water partition coefficient (Wildman–Crippen LogP) is 4.31. The molecular weight excluding hydrogens is 452 g/mol. The van der Waals surface area contributed by atoms with Crippen LogP contribution in [0.3, 0.4) is 0 Å². The molecule has 1 aromatic carbocycles. The number of aryl methyl sites for hydroxylation is 2. The number of Topliss-reactive ketones (excluding diaryl/α,β-unsaturated/α-hetero) is 1. The van der Waals surface area contributed by atoms with Crippen LogP contribution < -0.4 is 4.74 Å². The molecule has 0 radical (unpaired) electrons. The summed E-state index contributed by atoms with van der Waals surface area (Å²) < 4.78 is 12.5. The number of aromatic nitrogens is 4. The highest BCUT2D eigenvalue weighted by molar-refractivity contribution is 7.13. The number of carbonyl (C=O) groups excluding carboxylic acids is 2. The van der Waals surface area contributed by atoms with Crippen molar-refractivity contribution >= 4 is 23.1 Å². The maximum absolute atomic E-state index is 12.8. The van der Waals surface area contributed by atoms with E-state index in [4.69, 9.17) is 9.47 Å². The van der Waals surface area contributed by atoms with Gasteiger partial charge in [-0.1, -0.05) is 12.1 Å². The molecule has 174 valence electrons. The van der Waals surface area contributed by atoms with Crippen molar-refractivity contribution in [2.24, 2.45) is 0 Å². The van der Waals surface area contributed by atoms with Gasteiger partial charge in [0, 0.05) is 41.3 Å². The van der Waals surface area contributed by atoms with Gasteiger partial charge in [0.25, 0.3) is 0 Å². The van der Waals surface area contributed by atoms with Crippen molar-refractivity contribution in [1.82, 2.24) is 19.5 Å². The second-order valence-corrected chi connectivity index (χ2v) is 8.50. The van der Waals surface area contributed by atoms with Gasteiger partial charge in [-0.15, -0.1) is 11.3 Å². The molecule has 0 aliphatic heterocycles. The second-order valence-electron chi connectivity index (χ2n) is 7.64. The minimum atomic E-state index is -0.653. The van der Waals surface area contributed by atoms with E-state index in [1.54, 1.807) is 30.9 Å². The first-order valence-corrected chi connectivity index (χ1v) is 11.6. The lowest BCUT2D eigenvalue weighted by molar-refractivity contribution is 0.0469. The second kappa shape index (κ2) is 10.4. The summed E-state index contributed by atoms with van der Waals surface area (Å²) in [7, 11) is 1.64. The molecule has 0 fully saturated rings. The zero-order valence-electron chi connectivity index (χ0n) is 19.1. The van der Waals surface area contributed by atoms with Crippen LogP contribution in [0.1, 0.15) is 37.8 Å². The monoisotopic (exact) mass is 476 g/mol. The molecule has 0 bridgehead atoms. The first-order chi connectivity index (χ1) is 16.5. The molecule has 0 amide bonds. The van der Waals surface area contributed by atoms with Crippen molar-refractivity contribution in [3.63, 3.8) is 0 Å². The van der Waals surface area contributed by atoms with Gasteiger partial charge in [-0.05, 0) is 50.1 Å². The highest BCUT2D eigenvalue weighted by Crippen LogP contribution is 2.21. The third-order valence-electron chi connectivity index (χ3n) is 5.46. The smallest absolute Gasteiger partial charge is 0.358 e. The van der Waals surface area contributed by atoms with E-state index in [1.165, 1.54) is 16.9 Å². The molecule has 0 saturated carbocycles. The summed E-state index contributed by atoms with van der Waals surface area (Å²) in [6.07, 6.45) is 4.03. The maximum Gasteiger partial charge on any atom is 0.358 e. The minimum Gasteiger partial charge on any atom is -0.497 e. The summed E-state index contributed by atoms with van der Waals surface area (Å²) in [5, 5.41) is 2.09. The van der Waals surface area contributed by atoms with Gasteiger partial charge in [0.1, 0.15) is 5.75 Å². The summed E-state index contributed by atoms with van der Waals surface area (Å²) in [6, 6.07) is 11.5. The number of nitrogens with zero attached hydrogens (tertiary/aromatic N) is 4. The van der Waals surface area contributed by atoms with Gasteiger partial charge >= 0.3 is 5.97 Å². The van der Waals surface area contributed by atoms with Crippen LogP contribution in [0.15, 0.2) is 54.2 Å². The fourth-order valence-electron chi connectivity index (χ4n) is 3.62. The number of rotatable bonds is 9. The van der Waals surface area contributed by atoms with Crippen LogP contribution in [-0.2, 0) is 17.7 Å². The Hall–Kier alpha value is -3.85. The van der Waals surface area contributed by atoms with E-state index >= 15 is 0 Å². The van der Waals surface area contributed by atoms with Crippen molar-refractivity contribution in [3.05, 3.63) is 82.4 Å². The minimum absolute atomic E-state index is 0.130. The summed E-state index contributed by atoms with van der Waals surface area (Å²) in [6.45, 7) is 4.26. The lowest BCUT2D eigenvalue weighted by Gasteiger charge is -2.10. The number of esters is 1. The summed E-state index contributed by atoms with van der Waals surface area (Å²) in [5.74, 6) is 0.352. The molecule has 0 N–H and O–H groups in total. The molecule has 3 heterocycles. The van der Waals surface area contributed by atoms with Gasteiger partial charge in [0.05, 0.1) is 7.11 Å². The van der Waals surface area contributed by atoms with Crippen molar-refractivity contribution in [2.75, 3.05) is 13.7 Å². The maximum atomic E-state index is 12.8. The average molecular weight is 477 g/mol. The van der Waals surface area contributed by atoms with Gasteiger partial charge in [0.15, 0.2) is 23.1 Å². The van der Waals surface area contributed by atoms with E-state index in [9.17, 15) is 9.59 Å². The Balaban J connectivity index is 1.36. The van der Waals surface area contributed by atoms with Gasteiger partial charge < -0.3 is 14.0 Å². The molecule has 34 heavy (non-hydrogen) atoms. The van der Waals surface area contributed by atoms with Crippen LogP contribution in [-0.4, -0.2) is 45.0 Å². The molecule has 0 unspecified atom stereocenters. The van der Waals surface area contributed by atoms with Gasteiger partial charge in [-0.25, -0.2) is 19.7 Å². The van der Waals surface area contributed by atoms with Crippen LogP contribution in [0, 0.1) is 13.8 Å². The van der Waals surface area contributed by atoms with Crippen LogP contribution in [0.2, 0.25) is 0 Å². The quantitative estimate of drug-likeness (QED) is 0.262. The Morgan fingerprint density at radius 1 is 1.09 bits per heavy atom. The molecule has 0 spiro atoms. The van der Waals surface area contributed by atoms with E-state index in [-0.39, 0.29) is 18.1 Å². The normalized spacial score (nSPS) is 10.8. The van der Waals surface area contributed by atoms with Crippen LogP contribution in [0.25, 0.3) is 10.8 Å². The fourth-order valence-corrected chi connectivity index (χ4v) is 4.36. The third kappa shape index (κ3) is 5.20. The van der Waals surface area contributed by atoms with Gasteiger partial charge in [0.2, 0.25) is 5.78 Å². The van der Waals surface area contributed by atoms with Crippen molar-refractivity contribution in [2.45, 2.75) is 26.8 Å². The third-order valence-corrected chi connectivity index (χ3v) is 6.30. The largest absolute Gasteiger partial charge is 0.497 e. The topological polar surface area (TPSA) is 96.2 Å². The molecule has 0 aliphatic rings. The number of ketones is 1. The number of hydrogen-bond donors (Lipinski definition) is 0. The molecule has 8 nitrogen and oxygen atoms in total. The Labute approximate surface area is 201 Å². The first-order valence-electron chi connectivity index (χ1n) is 10.7. The lowest BCUT2D eigenvalue weighted by Crippen LogP contribution is -2.15. The van der Waals surface area contributed by atoms with Crippen molar-refractivity contribution < 1.29 is 19.1 Å². The lowest BCUT2D eigenvalue weighted by atomic mass is 10.1. The molecule has 3 aromatic heterocycles. The number of hydrogen-bond acceptors (Lipinski definition) is 8. The number of benzene rings is 1. The summed E-state index contributed by atoms with van der Waals surface area (Å²) in [4.78, 5) is 37.7. The van der Waals surface area contributed by atoms with E-state index < -0.39 is 5.97 Å². The van der Waals surface area contributed by atoms with Crippen molar-refractivity contribution in [1.29, 1.82) is 0 Å². The Bertz CT molecular complexity index is 1300. The molecule has 4 aromatic rings. The highest BCUT2D eigenvalue weighted by Gasteiger charge is 2.20. The van der Waals surface area contributed by atoms with E-state index in [1.807, 2.05) is 44.2 Å². The van der Waals surface area contributed by atoms with E-state index in [2.05, 4.69) is 19.5 Å². The van der Waals surface area contributed by atoms with Gasteiger partial charge in [-0.3, -0.25) is 4.79 Å². The van der Waals surface area contributed by atoms with E-state index in [0.29, 0.717) is 16.4 Å². The first kappa shape index (κ1) is 23.3. The zero-order valence-corrected chi connectivity index (χ0v) is 20.0. The Morgan fingerprint density at radius 2 is 1.82 bits per heavy atom. The summed E-state index contributed by atoms with van der Waals surface area (Å²) in [5.41, 5.74) is 3.69. The highest BCUT2D eigenvalue weighted by atomic mass is 32.1.